The second-order valence-corrected chi connectivity index (χ2v) is 4.58. The van der Waals surface area contributed by atoms with Crippen molar-refractivity contribution in [3.63, 3.8) is 0 Å². The van der Waals surface area contributed by atoms with E-state index in [2.05, 4.69) is 10.8 Å². The Balaban J connectivity index is 2.60. The Morgan fingerprint density at radius 1 is 1.39 bits per heavy atom. The normalized spacial score (nSPS) is 11.1. The van der Waals surface area contributed by atoms with Crippen LogP contribution in [-0.2, 0) is 10.3 Å². The predicted molar refractivity (Wildman–Crippen MR) is 67.6 cm³/mol. The van der Waals surface area contributed by atoms with Gasteiger partial charge in [0.25, 0.3) is 0 Å². The number of hydroxylamine groups is 1. The Morgan fingerprint density at radius 2 is 2.06 bits per heavy atom. The third-order valence-electron chi connectivity index (χ3n) is 2.60. The van der Waals surface area contributed by atoms with Crippen LogP contribution in [0.15, 0.2) is 24.3 Å². The number of carbonyl (C=O) groups is 1. The molecule has 0 saturated heterocycles. The summed E-state index contributed by atoms with van der Waals surface area (Å²) in [5, 5.41) is 2.64. The van der Waals surface area contributed by atoms with E-state index in [1.165, 1.54) is 6.07 Å². The Kier molecular flexibility index (Phi) is 5.09. The molecule has 0 atom stereocenters. The van der Waals surface area contributed by atoms with Crippen LogP contribution < -0.4 is 10.8 Å². The molecule has 1 aromatic carbocycles. The van der Waals surface area contributed by atoms with Gasteiger partial charge < -0.3 is 5.32 Å². The lowest BCUT2D eigenvalue weighted by Gasteiger charge is -2.26. The molecule has 2 amide bonds. The lowest BCUT2D eigenvalue weighted by molar-refractivity contribution is 0.0702. The minimum absolute atomic E-state index is 0.269. The highest BCUT2D eigenvalue weighted by Crippen LogP contribution is 2.24. The van der Waals surface area contributed by atoms with Gasteiger partial charge in [-0.2, -0.15) is 0 Å². The standard InChI is InChI=1S/C13H19FN2O2/c1-4-18-16-12(17)15-9-13(2,3)10-7-5-6-8-11(10)14/h5-8H,4,9H2,1-3H3,(H2,15,16,17). The summed E-state index contributed by atoms with van der Waals surface area (Å²) in [5.74, 6) is -0.269. The molecule has 0 saturated carbocycles. The van der Waals surface area contributed by atoms with Gasteiger partial charge in [-0.3, -0.25) is 4.84 Å². The van der Waals surface area contributed by atoms with Gasteiger partial charge >= 0.3 is 6.03 Å². The molecular formula is C13H19FN2O2. The Hall–Kier alpha value is -1.62. The van der Waals surface area contributed by atoms with Gasteiger partial charge in [0.1, 0.15) is 5.82 Å². The number of rotatable bonds is 5. The summed E-state index contributed by atoms with van der Waals surface area (Å²) in [6.07, 6.45) is 0. The molecule has 0 aromatic heterocycles. The van der Waals surface area contributed by atoms with E-state index in [4.69, 9.17) is 4.84 Å². The number of amides is 2. The predicted octanol–water partition coefficient (Wildman–Crippen LogP) is 2.35. The fraction of sp³-hybridized carbons (Fsp3) is 0.462. The van der Waals surface area contributed by atoms with E-state index in [0.29, 0.717) is 18.7 Å². The zero-order valence-corrected chi connectivity index (χ0v) is 10.9. The molecule has 100 valence electrons. The first-order valence-corrected chi connectivity index (χ1v) is 5.88. The van der Waals surface area contributed by atoms with Crippen molar-refractivity contribution in [2.45, 2.75) is 26.2 Å². The van der Waals surface area contributed by atoms with Gasteiger partial charge in [-0.15, -0.1) is 0 Å². The van der Waals surface area contributed by atoms with Crippen molar-refractivity contribution in [2.24, 2.45) is 0 Å². The second-order valence-electron chi connectivity index (χ2n) is 4.58. The smallest absolute Gasteiger partial charge is 0.336 e. The van der Waals surface area contributed by atoms with Crippen LogP contribution in [0.5, 0.6) is 0 Å². The van der Waals surface area contributed by atoms with Crippen molar-refractivity contribution in [3.8, 4) is 0 Å². The van der Waals surface area contributed by atoms with E-state index in [9.17, 15) is 9.18 Å². The molecule has 0 radical (unpaired) electrons. The maximum absolute atomic E-state index is 13.7. The summed E-state index contributed by atoms with van der Waals surface area (Å²) in [6.45, 7) is 6.21. The molecule has 5 heteroatoms. The number of benzene rings is 1. The lowest BCUT2D eigenvalue weighted by atomic mass is 9.84. The largest absolute Gasteiger partial charge is 0.338 e. The number of hydrogen-bond acceptors (Lipinski definition) is 2. The van der Waals surface area contributed by atoms with E-state index >= 15 is 0 Å². The van der Waals surface area contributed by atoms with Crippen molar-refractivity contribution in [1.29, 1.82) is 0 Å². The third kappa shape index (κ3) is 4.00. The monoisotopic (exact) mass is 254 g/mol. The summed E-state index contributed by atoms with van der Waals surface area (Å²) in [6, 6.07) is 6.13. The lowest BCUT2D eigenvalue weighted by Crippen LogP contribution is -2.42. The molecule has 18 heavy (non-hydrogen) atoms. The highest BCUT2D eigenvalue weighted by atomic mass is 19.1. The molecule has 1 rings (SSSR count). The van der Waals surface area contributed by atoms with Gasteiger partial charge in [0.15, 0.2) is 0 Å². The van der Waals surface area contributed by atoms with Crippen LogP contribution in [0.2, 0.25) is 0 Å². The van der Waals surface area contributed by atoms with Crippen molar-refractivity contribution >= 4 is 6.03 Å². The van der Waals surface area contributed by atoms with Crippen LogP contribution in [0, 0.1) is 5.82 Å². The number of urea groups is 1. The number of halogens is 1. The average Bonchev–Trinajstić information content (AvgIpc) is 2.34. The van der Waals surface area contributed by atoms with Crippen molar-refractivity contribution < 1.29 is 14.0 Å². The first kappa shape index (κ1) is 14.4. The summed E-state index contributed by atoms with van der Waals surface area (Å²) < 4.78 is 13.7. The first-order valence-electron chi connectivity index (χ1n) is 5.88. The Labute approximate surface area is 106 Å². The van der Waals surface area contributed by atoms with Crippen molar-refractivity contribution in [1.82, 2.24) is 10.8 Å². The van der Waals surface area contributed by atoms with Crippen molar-refractivity contribution in [2.75, 3.05) is 13.2 Å². The molecule has 0 aliphatic rings. The molecule has 0 spiro atoms. The Bertz CT molecular complexity index is 408. The SMILES string of the molecule is CCONC(=O)NCC(C)(C)c1ccccc1F. The zero-order chi connectivity index (χ0) is 13.6. The third-order valence-corrected chi connectivity index (χ3v) is 2.60. The summed E-state index contributed by atoms with van der Waals surface area (Å²) in [5.41, 5.74) is 2.31. The molecule has 2 N–H and O–H groups in total. The van der Waals surface area contributed by atoms with E-state index in [0.717, 1.165) is 0 Å². The molecule has 0 aliphatic heterocycles. The van der Waals surface area contributed by atoms with Gasteiger partial charge in [-0.25, -0.2) is 14.7 Å². The van der Waals surface area contributed by atoms with Crippen LogP contribution >= 0.6 is 0 Å². The van der Waals surface area contributed by atoms with E-state index in [1.807, 2.05) is 13.8 Å². The highest BCUT2D eigenvalue weighted by molar-refractivity contribution is 5.72. The molecule has 0 heterocycles. The van der Waals surface area contributed by atoms with Crippen molar-refractivity contribution in [3.05, 3.63) is 35.6 Å². The topological polar surface area (TPSA) is 50.4 Å². The first-order chi connectivity index (χ1) is 8.47. The van der Waals surface area contributed by atoms with Gasteiger partial charge in [0.05, 0.1) is 6.61 Å². The maximum Gasteiger partial charge on any atom is 0.338 e. The minimum atomic E-state index is -0.491. The average molecular weight is 254 g/mol. The summed E-state index contributed by atoms with van der Waals surface area (Å²) in [4.78, 5) is 16.1. The fourth-order valence-corrected chi connectivity index (χ4v) is 1.58. The van der Waals surface area contributed by atoms with Crippen LogP contribution in [0.4, 0.5) is 9.18 Å². The van der Waals surface area contributed by atoms with Gasteiger partial charge in [0.2, 0.25) is 0 Å². The van der Waals surface area contributed by atoms with E-state index < -0.39 is 11.4 Å². The highest BCUT2D eigenvalue weighted by Gasteiger charge is 2.24. The molecule has 0 aliphatic carbocycles. The number of hydrogen-bond donors (Lipinski definition) is 2. The zero-order valence-electron chi connectivity index (χ0n) is 10.9. The molecule has 0 unspecified atom stereocenters. The number of nitrogens with one attached hydrogen (secondary N) is 2. The Morgan fingerprint density at radius 3 is 2.67 bits per heavy atom. The van der Waals surface area contributed by atoms with E-state index in [1.54, 1.807) is 25.1 Å². The molecule has 4 nitrogen and oxygen atoms in total. The van der Waals surface area contributed by atoms with Gasteiger partial charge in [-0.1, -0.05) is 32.0 Å². The van der Waals surface area contributed by atoms with Crippen LogP contribution in [0.25, 0.3) is 0 Å². The van der Waals surface area contributed by atoms with Gasteiger partial charge in [-0.05, 0) is 18.6 Å². The quantitative estimate of drug-likeness (QED) is 0.792. The minimum Gasteiger partial charge on any atom is -0.336 e. The summed E-state index contributed by atoms with van der Waals surface area (Å²) >= 11 is 0. The molecule has 0 fully saturated rings. The fourth-order valence-electron chi connectivity index (χ4n) is 1.58. The van der Waals surface area contributed by atoms with Crippen LogP contribution in [-0.4, -0.2) is 19.2 Å². The maximum atomic E-state index is 13.7. The molecular weight excluding hydrogens is 235 g/mol. The summed E-state index contributed by atoms with van der Waals surface area (Å²) in [7, 11) is 0. The van der Waals surface area contributed by atoms with Crippen LogP contribution in [0.3, 0.4) is 0 Å². The van der Waals surface area contributed by atoms with Gasteiger partial charge in [0, 0.05) is 12.0 Å². The molecule has 0 bridgehead atoms. The molecule has 1 aromatic rings. The number of carbonyl (C=O) groups excluding carboxylic acids is 1. The second kappa shape index (κ2) is 6.35. The van der Waals surface area contributed by atoms with E-state index in [-0.39, 0.29) is 5.82 Å². The van der Waals surface area contributed by atoms with Crippen LogP contribution in [0.1, 0.15) is 26.3 Å².